The third-order valence-electron chi connectivity index (χ3n) is 7.69. The van der Waals surface area contributed by atoms with Gasteiger partial charge in [0.05, 0.1) is 18.3 Å². The molecule has 1 aliphatic rings. The molecule has 1 rings (SSSR count). The van der Waals surface area contributed by atoms with Gasteiger partial charge in [-0.15, -0.1) is 13.2 Å². The summed E-state index contributed by atoms with van der Waals surface area (Å²) in [6.07, 6.45) is 7.77. The van der Waals surface area contributed by atoms with Crippen molar-refractivity contribution >= 4 is 5.97 Å². The maximum Gasteiger partial charge on any atom is 0.330 e. The zero-order valence-electron chi connectivity index (χ0n) is 24.1. The predicted octanol–water partition coefficient (Wildman–Crippen LogP) is 4.77. The lowest BCUT2D eigenvalue weighted by molar-refractivity contribution is -0.305. The molecule has 0 bridgehead atoms. The van der Waals surface area contributed by atoms with Crippen molar-refractivity contribution in [3.63, 3.8) is 0 Å². The number of allylic oxidation sites excluding steroid dienone is 1. The Morgan fingerprint density at radius 2 is 1.87 bits per heavy atom. The van der Waals surface area contributed by atoms with Crippen molar-refractivity contribution in [2.24, 2.45) is 17.8 Å². The van der Waals surface area contributed by atoms with Crippen molar-refractivity contribution in [2.75, 3.05) is 0 Å². The topological polar surface area (TPSA) is 116 Å². The molecule has 0 amide bonds. The molecule has 7 heteroatoms. The van der Waals surface area contributed by atoms with E-state index in [4.69, 9.17) is 9.47 Å². The molecule has 1 heterocycles. The largest absolute Gasteiger partial charge is 0.459 e. The molecule has 1 fully saturated rings. The maximum absolute atomic E-state index is 12.7. The smallest absolute Gasteiger partial charge is 0.330 e. The number of carbonyl (C=O) groups is 1. The molecule has 216 valence electrons. The van der Waals surface area contributed by atoms with E-state index in [1.165, 1.54) is 25.2 Å². The third kappa shape index (κ3) is 9.93. The second kappa shape index (κ2) is 14.9. The Labute approximate surface area is 229 Å². The van der Waals surface area contributed by atoms with Crippen molar-refractivity contribution in [1.82, 2.24) is 0 Å². The summed E-state index contributed by atoms with van der Waals surface area (Å²) in [5, 5.41) is 42.4. The van der Waals surface area contributed by atoms with Gasteiger partial charge in [0.2, 0.25) is 5.79 Å². The molecule has 7 nitrogen and oxygen atoms in total. The van der Waals surface area contributed by atoms with Crippen LogP contribution in [0.4, 0.5) is 0 Å². The normalized spacial score (nSPS) is 27.1. The van der Waals surface area contributed by atoms with Crippen LogP contribution in [0.3, 0.4) is 0 Å². The van der Waals surface area contributed by atoms with Crippen LogP contribution in [0.1, 0.15) is 73.6 Å². The minimum absolute atomic E-state index is 0.113. The zero-order valence-corrected chi connectivity index (χ0v) is 24.1. The lowest BCUT2D eigenvalue weighted by atomic mass is 9.83. The van der Waals surface area contributed by atoms with E-state index in [0.29, 0.717) is 31.3 Å². The highest BCUT2D eigenvalue weighted by Crippen LogP contribution is 2.39. The molecule has 0 saturated carbocycles. The fraction of sp³-hybridized carbons (Fsp3) is 0.645. The lowest BCUT2D eigenvalue weighted by Crippen LogP contribution is -2.56. The Morgan fingerprint density at radius 1 is 1.24 bits per heavy atom. The molecule has 0 radical (unpaired) electrons. The van der Waals surface area contributed by atoms with E-state index in [2.05, 4.69) is 19.7 Å². The van der Waals surface area contributed by atoms with Crippen molar-refractivity contribution in [1.29, 1.82) is 0 Å². The fourth-order valence-electron chi connectivity index (χ4n) is 4.44. The summed E-state index contributed by atoms with van der Waals surface area (Å²) in [6.45, 7) is 21.9. The van der Waals surface area contributed by atoms with E-state index in [-0.39, 0.29) is 30.3 Å². The summed E-state index contributed by atoms with van der Waals surface area (Å²) < 4.78 is 11.7. The maximum atomic E-state index is 12.7. The molecule has 1 saturated heterocycles. The van der Waals surface area contributed by atoms with Gasteiger partial charge in [0.25, 0.3) is 0 Å². The first kappa shape index (κ1) is 34.0. The molecule has 4 N–H and O–H groups in total. The highest BCUT2D eigenvalue weighted by atomic mass is 16.6. The number of hydrogen-bond acceptors (Lipinski definition) is 7. The van der Waals surface area contributed by atoms with E-state index in [9.17, 15) is 25.2 Å². The molecule has 9 atom stereocenters. The Bertz CT molecular complexity index is 871. The van der Waals surface area contributed by atoms with Crippen LogP contribution >= 0.6 is 0 Å². The number of aliphatic hydroxyl groups is 4. The molecule has 0 aromatic carbocycles. The average molecular weight is 535 g/mol. The number of aliphatic hydroxyl groups excluding tert-OH is 2. The summed E-state index contributed by atoms with van der Waals surface area (Å²) in [4.78, 5) is 12.7. The first-order chi connectivity index (χ1) is 17.6. The van der Waals surface area contributed by atoms with Gasteiger partial charge in [0.1, 0.15) is 11.7 Å². The summed E-state index contributed by atoms with van der Waals surface area (Å²) in [5.41, 5.74) is -0.216. The molecule has 1 aliphatic heterocycles. The quantitative estimate of drug-likeness (QED) is 0.136. The van der Waals surface area contributed by atoms with E-state index < -0.39 is 35.7 Å². The Morgan fingerprint density at radius 3 is 2.42 bits per heavy atom. The van der Waals surface area contributed by atoms with Crippen LogP contribution in [0, 0.1) is 17.8 Å². The third-order valence-corrected chi connectivity index (χ3v) is 7.69. The van der Waals surface area contributed by atoms with Gasteiger partial charge in [-0.3, -0.25) is 0 Å². The van der Waals surface area contributed by atoms with Gasteiger partial charge in [-0.2, -0.15) is 0 Å². The van der Waals surface area contributed by atoms with Crippen molar-refractivity contribution in [3.8, 4) is 0 Å². The van der Waals surface area contributed by atoms with Crippen LogP contribution in [0.2, 0.25) is 0 Å². The fourth-order valence-corrected chi connectivity index (χ4v) is 4.44. The van der Waals surface area contributed by atoms with Gasteiger partial charge >= 0.3 is 5.97 Å². The number of esters is 1. The number of carbonyl (C=O) groups excluding carboxylic acids is 1. The van der Waals surface area contributed by atoms with E-state index in [0.717, 1.165) is 5.57 Å². The van der Waals surface area contributed by atoms with Gasteiger partial charge < -0.3 is 29.9 Å². The average Bonchev–Trinajstić information content (AvgIpc) is 2.81. The summed E-state index contributed by atoms with van der Waals surface area (Å²) in [5.74, 6) is -2.89. The van der Waals surface area contributed by atoms with Gasteiger partial charge in [-0.1, -0.05) is 62.8 Å². The minimum Gasteiger partial charge on any atom is -0.459 e. The Balaban J connectivity index is 3.01. The van der Waals surface area contributed by atoms with Crippen molar-refractivity contribution in [2.45, 2.75) is 109 Å². The highest BCUT2D eigenvalue weighted by molar-refractivity contribution is 5.83. The first-order valence-corrected chi connectivity index (χ1v) is 13.5. The molecule has 0 spiro atoms. The van der Waals surface area contributed by atoms with Crippen LogP contribution in [0.5, 0.6) is 0 Å². The molecular formula is C31H50O7. The summed E-state index contributed by atoms with van der Waals surface area (Å²) in [6, 6.07) is 0. The van der Waals surface area contributed by atoms with Crippen LogP contribution in [-0.4, -0.2) is 62.2 Å². The Kier molecular flexibility index (Phi) is 13.4. The SMILES string of the molecule is C=CC[C@H]1CC(=C)C[C@@](O)([C@](C)(O)/C=C/C[C@H](C)[C@@H](C[C@H](C)[C@H](C)O)OC(=O)/C=C(\C)[C@H](C)[C@H](O)C=C)O1. The zero-order chi connectivity index (χ0) is 29.3. The van der Waals surface area contributed by atoms with E-state index in [1.807, 2.05) is 13.8 Å². The monoisotopic (exact) mass is 534 g/mol. The Hall–Kier alpha value is -2.03. The molecule has 0 aliphatic carbocycles. The van der Waals surface area contributed by atoms with Crippen LogP contribution in [0.15, 0.2) is 61.3 Å². The van der Waals surface area contributed by atoms with Gasteiger partial charge in [-0.25, -0.2) is 4.79 Å². The van der Waals surface area contributed by atoms with Crippen LogP contribution in [-0.2, 0) is 14.3 Å². The minimum atomic E-state index is -1.82. The van der Waals surface area contributed by atoms with Gasteiger partial charge in [0.15, 0.2) is 0 Å². The highest BCUT2D eigenvalue weighted by Gasteiger charge is 2.49. The standard InChI is InChI=1S/C31H50O7/c1-10-13-26-16-20(3)19-31(36,38-26)30(9,35)15-12-14-21(4)28(17-23(6)25(8)32)37-29(34)18-22(5)24(7)27(33)11-2/h10-12,15,18,21,23-28,32-33,35-36H,1-3,13-14,16-17,19H2,4-9H3/b15-12+,22-18+/t21-,23-,24-,25-,26-,27+,28+,30+,31-/m0/s1. The van der Waals surface area contributed by atoms with E-state index in [1.54, 1.807) is 32.9 Å². The van der Waals surface area contributed by atoms with Crippen molar-refractivity contribution < 1.29 is 34.7 Å². The number of ether oxygens (including phenoxy) is 2. The molecule has 38 heavy (non-hydrogen) atoms. The second-order valence-corrected chi connectivity index (χ2v) is 11.3. The first-order valence-electron chi connectivity index (χ1n) is 13.5. The molecule has 0 unspecified atom stereocenters. The number of hydrogen-bond donors (Lipinski definition) is 4. The number of rotatable bonds is 15. The van der Waals surface area contributed by atoms with Crippen LogP contribution < -0.4 is 0 Å². The van der Waals surface area contributed by atoms with E-state index >= 15 is 0 Å². The summed E-state index contributed by atoms with van der Waals surface area (Å²) in [7, 11) is 0. The van der Waals surface area contributed by atoms with Gasteiger partial charge in [-0.05, 0) is 58.3 Å². The van der Waals surface area contributed by atoms with Crippen molar-refractivity contribution in [3.05, 3.63) is 61.3 Å². The second-order valence-electron chi connectivity index (χ2n) is 11.3. The lowest BCUT2D eigenvalue weighted by Gasteiger charge is -2.45. The van der Waals surface area contributed by atoms with Gasteiger partial charge in [0, 0.05) is 18.4 Å². The molecular weight excluding hydrogens is 484 g/mol. The van der Waals surface area contributed by atoms with Crippen LogP contribution in [0.25, 0.3) is 0 Å². The predicted molar refractivity (Wildman–Crippen MR) is 151 cm³/mol. The molecule has 0 aromatic rings. The molecule has 0 aromatic heterocycles. The summed E-state index contributed by atoms with van der Waals surface area (Å²) >= 11 is 0.